The number of nitrogens with zero attached hydrogens (tertiary/aromatic N) is 2. The zero-order valence-corrected chi connectivity index (χ0v) is 14.4. The van der Waals surface area contributed by atoms with E-state index in [0.717, 1.165) is 10.5 Å². The summed E-state index contributed by atoms with van der Waals surface area (Å²) < 4.78 is 5.20. The lowest BCUT2D eigenvalue weighted by atomic mass is 10.1. The van der Waals surface area contributed by atoms with Crippen molar-refractivity contribution in [3.05, 3.63) is 81.9 Å². The van der Waals surface area contributed by atoms with Crippen molar-refractivity contribution in [3.8, 4) is 17.0 Å². The molecule has 1 N–H and O–H groups in total. The smallest absolute Gasteiger partial charge is 0.346 e. The molecule has 0 fully saturated rings. The van der Waals surface area contributed by atoms with Crippen LogP contribution >= 0.6 is 0 Å². The van der Waals surface area contributed by atoms with Crippen molar-refractivity contribution >= 4 is 11.8 Å². The van der Waals surface area contributed by atoms with Gasteiger partial charge in [0.2, 0.25) is 0 Å². The molecule has 1 aromatic heterocycles. The van der Waals surface area contributed by atoms with Gasteiger partial charge in [0.25, 0.3) is 11.8 Å². The Morgan fingerprint density at radius 1 is 1.00 bits per heavy atom. The highest BCUT2D eigenvalue weighted by atomic mass is 16.5. The molecule has 0 saturated carbocycles. The second-order valence-electron chi connectivity index (χ2n) is 6.05. The molecule has 2 heterocycles. The van der Waals surface area contributed by atoms with Crippen LogP contribution in [0.1, 0.15) is 26.4 Å². The number of hydrogen-bond acceptors (Lipinski definition) is 5. The Morgan fingerprint density at radius 2 is 1.78 bits per heavy atom. The molecule has 0 unspecified atom stereocenters. The molecule has 4 rings (SSSR count). The Hall–Kier alpha value is -3.74. The van der Waals surface area contributed by atoms with Crippen LogP contribution in [0.2, 0.25) is 0 Å². The summed E-state index contributed by atoms with van der Waals surface area (Å²) in [5, 5.41) is 0. The van der Waals surface area contributed by atoms with Gasteiger partial charge in [-0.3, -0.25) is 14.5 Å². The van der Waals surface area contributed by atoms with E-state index >= 15 is 0 Å². The lowest BCUT2D eigenvalue weighted by Gasteiger charge is -2.13. The molecule has 7 heteroatoms. The first-order valence-electron chi connectivity index (χ1n) is 8.27. The molecule has 7 nitrogen and oxygen atoms in total. The molecule has 1 aliphatic rings. The van der Waals surface area contributed by atoms with Gasteiger partial charge in [0, 0.05) is 5.56 Å². The van der Waals surface area contributed by atoms with Crippen LogP contribution in [0.25, 0.3) is 11.3 Å². The average molecular weight is 361 g/mol. The number of ether oxygens (including phenoxy) is 1. The topological polar surface area (TPSA) is 92.4 Å². The third-order valence-corrected chi connectivity index (χ3v) is 4.38. The van der Waals surface area contributed by atoms with Crippen LogP contribution in [0.3, 0.4) is 0 Å². The van der Waals surface area contributed by atoms with Crippen LogP contribution in [0.4, 0.5) is 0 Å². The van der Waals surface area contributed by atoms with Crippen molar-refractivity contribution in [2.24, 2.45) is 0 Å². The normalized spacial score (nSPS) is 13.0. The molecule has 2 aromatic carbocycles. The predicted octanol–water partition coefficient (Wildman–Crippen LogP) is 2.24. The van der Waals surface area contributed by atoms with Gasteiger partial charge < -0.3 is 9.72 Å². The molecule has 134 valence electrons. The van der Waals surface area contributed by atoms with Crippen molar-refractivity contribution < 1.29 is 14.3 Å². The van der Waals surface area contributed by atoms with Crippen LogP contribution in [-0.2, 0) is 6.54 Å². The minimum atomic E-state index is -0.686. The first-order valence-corrected chi connectivity index (χ1v) is 8.27. The number of rotatable bonds is 4. The first-order chi connectivity index (χ1) is 13.1. The van der Waals surface area contributed by atoms with E-state index in [4.69, 9.17) is 4.74 Å². The number of benzene rings is 2. The van der Waals surface area contributed by atoms with E-state index in [0.29, 0.717) is 11.3 Å². The molecule has 0 spiro atoms. The lowest BCUT2D eigenvalue weighted by Crippen LogP contribution is -2.29. The fourth-order valence-electron chi connectivity index (χ4n) is 3.09. The van der Waals surface area contributed by atoms with Gasteiger partial charge in [-0.1, -0.05) is 42.5 Å². The van der Waals surface area contributed by atoms with Gasteiger partial charge in [-0.05, 0) is 17.7 Å². The SMILES string of the molecule is COc1cccc(-c2nc(=O)[nH]c3c2C(=O)N(Cc2ccccc2)C3=O)c1. The predicted molar refractivity (Wildman–Crippen MR) is 97.5 cm³/mol. The van der Waals surface area contributed by atoms with Crippen molar-refractivity contribution in [2.75, 3.05) is 7.11 Å². The molecule has 2 amide bonds. The molecular weight excluding hydrogens is 346 g/mol. The Labute approximate surface area is 154 Å². The van der Waals surface area contributed by atoms with Gasteiger partial charge in [-0.2, -0.15) is 4.98 Å². The van der Waals surface area contributed by atoms with Crippen LogP contribution < -0.4 is 10.4 Å². The van der Waals surface area contributed by atoms with Crippen LogP contribution in [-0.4, -0.2) is 33.8 Å². The highest BCUT2D eigenvalue weighted by molar-refractivity contribution is 6.22. The highest BCUT2D eigenvalue weighted by Crippen LogP contribution is 2.31. The maximum absolute atomic E-state index is 13.0. The third-order valence-electron chi connectivity index (χ3n) is 4.38. The van der Waals surface area contributed by atoms with Gasteiger partial charge in [-0.15, -0.1) is 0 Å². The van der Waals surface area contributed by atoms with E-state index in [2.05, 4.69) is 9.97 Å². The number of fused-ring (bicyclic) bond motifs is 1. The summed E-state index contributed by atoms with van der Waals surface area (Å²) in [6.45, 7) is 0.118. The monoisotopic (exact) mass is 361 g/mol. The molecule has 0 bridgehead atoms. The summed E-state index contributed by atoms with van der Waals surface area (Å²) >= 11 is 0. The van der Waals surface area contributed by atoms with Gasteiger partial charge >= 0.3 is 5.69 Å². The van der Waals surface area contributed by atoms with Gasteiger partial charge in [0.1, 0.15) is 11.4 Å². The molecular formula is C20H15N3O4. The van der Waals surface area contributed by atoms with Crippen molar-refractivity contribution in [1.82, 2.24) is 14.9 Å². The van der Waals surface area contributed by atoms with Crippen LogP contribution in [0, 0.1) is 0 Å². The summed E-state index contributed by atoms with van der Waals surface area (Å²) in [7, 11) is 1.52. The summed E-state index contributed by atoms with van der Waals surface area (Å²) in [4.78, 5) is 45.2. The highest BCUT2D eigenvalue weighted by Gasteiger charge is 2.39. The maximum Gasteiger partial charge on any atom is 0.346 e. The maximum atomic E-state index is 13.0. The zero-order valence-electron chi connectivity index (χ0n) is 14.4. The minimum absolute atomic E-state index is 0.0336. The number of methoxy groups -OCH3 is 1. The summed E-state index contributed by atoms with van der Waals surface area (Å²) in [5.74, 6) is -0.468. The number of hydrogen-bond donors (Lipinski definition) is 1. The number of carbonyl (C=O) groups is 2. The number of aromatic amines is 1. The van der Waals surface area contributed by atoms with E-state index in [9.17, 15) is 14.4 Å². The summed E-state index contributed by atoms with van der Waals surface area (Å²) in [6.07, 6.45) is 0. The quantitative estimate of drug-likeness (QED) is 0.720. The second kappa shape index (κ2) is 6.53. The van der Waals surface area contributed by atoms with Gasteiger partial charge in [-0.25, -0.2) is 4.79 Å². The standard InChI is InChI=1S/C20H15N3O4/c1-27-14-9-5-8-13(10-14)16-15-17(22-20(26)21-16)19(25)23(18(15)24)11-12-6-3-2-4-7-12/h2-10H,11H2,1H3,(H,21,22,26). The largest absolute Gasteiger partial charge is 0.497 e. The summed E-state index contributed by atoms with van der Waals surface area (Å²) in [5.41, 5.74) is 0.887. The number of carbonyl (C=O) groups excluding carboxylic acids is 2. The minimum Gasteiger partial charge on any atom is -0.497 e. The van der Waals surface area contributed by atoms with Gasteiger partial charge in [0.05, 0.1) is 24.9 Å². The van der Waals surface area contributed by atoms with Crippen LogP contribution in [0.15, 0.2) is 59.4 Å². The molecule has 0 saturated heterocycles. The average Bonchev–Trinajstić information content (AvgIpc) is 2.93. The fraction of sp³-hybridized carbons (Fsp3) is 0.100. The molecule has 1 aliphatic heterocycles. The Balaban J connectivity index is 1.82. The Bertz CT molecular complexity index is 1110. The van der Waals surface area contributed by atoms with Crippen molar-refractivity contribution in [2.45, 2.75) is 6.54 Å². The number of H-pyrrole nitrogens is 1. The molecule has 0 radical (unpaired) electrons. The number of imide groups is 1. The van der Waals surface area contributed by atoms with E-state index < -0.39 is 17.5 Å². The van der Waals surface area contributed by atoms with Gasteiger partial charge in [0.15, 0.2) is 0 Å². The number of aromatic nitrogens is 2. The molecule has 3 aromatic rings. The van der Waals surface area contributed by atoms with E-state index in [1.54, 1.807) is 24.3 Å². The second-order valence-corrected chi connectivity index (χ2v) is 6.05. The Kier molecular flexibility index (Phi) is 4.04. The van der Waals surface area contributed by atoms with E-state index in [1.807, 2.05) is 30.3 Å². The third kappa shape index (κ3) is 2.89. The number of nitrogens with one attached hydrogen (secondary N) is 1. The first kappa shape index (κ1) is 16.7. The van der Waals surface area contributed by atoms with Crippen molar-refractivity contribution in [1.29, 1.82) is 0 Å². The zero-order chi connectivity index (χ0) is 19.0. The Morgan fingerprint density at radius 3 is 2.52 bits per heavy atom. The van der Waals surface area contributed by atoms with Crippen molar-refractivity contribution in [3.63, 3.8) is 0 Å². The molecule has 0 atom stereocenters. The lowest BCUT2D eigenvalue weighted by molar-refractivity contribution is 0.0640. The van der Waals surface area contributed by atoms with E-state index in [1.165, 1.54) is 7.11 Å². The summed E-state index contributed by atoms with van der Waals surface area (Å²) in [6, 6.07) is 16.0. The number of amides is 2. The molecule has 0 aliphatic carbocycles. The molecule has 27 heavy (non-hydrogen) atoms. The van der Waals surface area contributed by atoms with Crippen LogP contribution in [0.5, 0.6) is 5.75 Å². The van der Waals surface area contributed by atoms with E-state index in [-0.39, 0.29) is 23.5 Å². The fourth-order valence-corrected chi connectivity index (χ4v) is 3.09.